The number of carbonyl (C=O) groups excluding carboxylic acids is 1. The summed E-state index contributed by atoms with van der Waals surface area (Å²) in [5.41, 5.74) is 0.780. The highest BCUT2D eigenvalue weighted by Gasteiger charge is 2.25. The Morgan fingerprint density at radius 2 is 1.87 bits per heavy atom. The van der Waals surface area contributed by atoms with Gasteiger partial charge in [-0.25, -0.2) is 9.50 Å². The van der Waals surface area contributed by atoms with Gasteiger partial charge in [0.25, 0.3) is 11.6 Å². The first-order valence-corrected chi connectivity index (χ1v) is 9.65. The van der Waals surface area contributed by atoms with Crippen LogP contribution in [0, 0.1) is 17.0 Å². The van der Waals surface area contributed by atoms with Crippen LogP contribution in [-0.2, 0) is 0 Å². The van der Waals surface area contributed by atoms with E-state index in [1.165, 1.54) is 16.6 Å². The Bertz CT molecular complexity index is 1080. The van der Waals surface area contributed by atoms with Crippen molar-refractivity contribution in [3.05, 3.63) is 52.0 Å². The molecule has 10 heteroatoms. The number of hydrogen-bond acceptors (Lipinski definition) is 7. The fourth-order valence-corrected chi connectivity index (χ4v) is 2.90. The number of nitrogens with one attached hydrogen (secondary N) is 1. The number of ether oxygens (including phenoxy) is 2. The molecule has 30 heavy (non-hydrogen) atoms. The highest BCUT2D eigenvalue weighted by molar-refractivity contribution is 6.10. The lowest BCUT2D eigenvalue weighted by atomic mass is 10.2. The molecule has 3 aromatic rings. The van der Waals surface area contributed by atoms with Gasteiger partial charge in [0.1, 0.15) is 11.3 Å². The zero-order chi connectivity index (χ0) is 21.7. The van der Waals surface area contributed by atoms with Gasteiger partial charge in [0.2, 0.25) is 0 Å². The zero-order valence-electron chi connectivity index (χ0n) is 17.0. The van der Waals surface area contributed by atoms with Crippen molar-refractivity contribution >= 4 is 22.9 Å². The van der Waals surface area contributed by atoms with Crippen molar-refractivity contribution in [1.82, 2.24) is 14.6 Å². The minimum absolute atomic E-state index is 0.00892. The second-order valence-electron chi connectivity index (χ2n) is 6.57. The number of amides is 1. The molecular formula is C20H23N5O5. The molecule has 1 N–H and O–H groups in total. The van der Waals surface area contributed by atoms with Crippen LogP contribution < -0.4 is 14.8 Å². The first-order chi connectivity index (χ1) is 14.5. The number of carbonyl (C=O) groups is 1. The average Bonchev–Trinajstić information content (AvgIpc) is 3.06. The van der Waals surface area contributed by atoms with Gasteiger partial charge in [-0.3, -0.25) is 14.9 Å². The Morgan fingerprint density at radius 1 is 1.20 bits per heavy atom. The number of fused-ring (bicyclic) bond motifs is 1. The van der Waals surface area contributed by atoms with Crippen molar-refractivity contribution in [2.24, 2.45) is 0 Å². The quantitative estimate of drug-likeness (QED) is 0.418. The molecule has 158 valence electrons. The van der Waals surface area contributed by atoms with Crippen molar-refractivity contribution in [3.8, 4) is 11.5 Å². The van der Waals surface area contributed by atoms with Crippen molar-refractivity contribution in [2.45, 2.75) is 33.6 Å². The van der Waals surface area contributed by atoms with Gasteiger partial charge in [0.15, 0.2) is 17.1 Å². The smallest absolute Gasteiger partial charge is 0.296 e. The molecule has 3 rings (SSSR count). The number of nitro benzene ring substituents is 1. The fraction of sp³-hybridized carbons (Fsp3) is 0.350. The summed E-state index contributed by atoms with van der Waals surface area (Å²) < 4.78 is 12.8. The van der Waals surface area contributed by atoms with E-state index in [2.05, 4.69) is 15.4 Å². The molecule has 1 aromatic carbocycles. The molecule has 0 spiro atoms. The van der Waals surface area contributed by atoms with Crippen LogP contribution in [0.25, 0.3) is 5.65 Å². The van der Waals surface area contributed by atoms with Gasteiger partial charge >= 0.3 is 0 Å². The van der Waals surface area contributed by atoms with Crippen LogP contribution >= 0.6 is 0 Å². The van der Waals surface area contributed by atoms with E-state index < -0.39 is 10.8 Å². The second-order valence-corrected chi connectivity index (χ2v) is 6.57. The minimum Gasteiger partial charge on any atom is -0.490 e. The highest BCUT2D eigenvalue weighted by Crippen LogP contribution is 2.38. The number of nitrogens with zero attached hydrogens (tertiary/aromatic N) is 4. The van der Waals surface area contributed by atoms with Crippen LogP contribution in [0.4, 0.5) is 11.4 Å². The lowest BCUT2D eigenvalue weighted by Gasteiger charge is -2.14. The van der Waals surface area contributed by atoms with Gasteiger partial charge in [-0.1, -0.05) is 13.8 Å². The van der Waals surface area contributed by atoms with E-state index in [4.69, 9.17) is 9.47 Å². The van der Waals surface area contributed by atoms with E-state index in [0.717, 1.165) is 12.8 Å². The molecule has 0 saturated heterocycles. The van der Waals surface area contributed by atoms with Crippen LogP contribution in [0.5, 0.6) is 11.5 Å². The van der Waals surface area contributed by atoms with Gasteiger partial charge in [0, 0.05) is 18.5 Å². The first-order valence-electron chi connectivity index (χ1n) is 9.65. The van der Waals surface area contributed by atoms with Gasteiger partial charge in [-0.2, -0.15) is 5.10 Å². The average molecular weight is 413 g/mol. The Hall–Kier alpha value is -3.69. The fourth-order valence-electron chi connectivity index (χ4n) is 2.90. The van der Waals surface area contributed by atoms with Gasteiger partial charge in [-0.15, -0.1) is 0 Å². The summed E-state index contributed by atoms with van der Waals surface area (Å²) in [4.78, 5) is 28.2. The molecule has 0 unspecified atom stereocenters. The van der Waals surface area contributed by atoms with Crippen LogP contribution in [0.3, 0.4) is 0 Å². The van der Waals surface area contributed by atoms with E-state index in [1.54, 1.807) is 25.4 Å². The summed E-state index contributed by atoms with van der Waals surface area (Å²) in [5, 5.41) is 18.5. The van der Waals surface area contributed by atoms with Gasteiger partial charge in [-0.05, 0) is 25.8 Å². The molecule has 0 aliphatic carbocycles. The standard InChI is InChI=1S/C20H23N5O5/c1-4-9-29-16-11-14(15(25(27)28)12-17(16)30-10-5-2)22-20(26)18-13(3)23-24-8-6-7-21-19(18)24/h6-8,11-12H,4-5,9-10H2,1-3H3,(H,22,26). The number of nitro groups is 1. The Morgan fingerprint density at radius 3 is 2.50 bits per heavy atom. The predicted molar refractivity (Wildman–Crippen MR) is 110 cm³/mol. The van der Waals surface area contributed by atoms with Crippen LogP contribution in [-0.4, -0.2) is 38.6 Å². The molecule has 2 aromatic heterocycles. The Balaban J connectivity index is 2.01. The third-order valence-corrected chi connectivity index (χ3v) is 4.23. The number of anilines is 1. The maximum atomic E-state index is 13.0. The molecule has 0 saturated carbocycles. The molecule has 0 aliphatic rings. The molecule has 0 radical (unpaired) electrons. The summed E-state index contributed by atoms with van der Waals surface area (Å²) >= 11 is 0. The maximum absolute atomic E-state index is 13.0. The van der Waals surface area contributed by atoms with E-state index in [0.29, 0.717) is 30.3 Å². The molecule has 0 atom stereocenters. The normalized spacial score (nSPS) is 10.8. The third-order valence-electron chi connectivity index (χ3n) is 4.23. The lowest BCUT2D eigenvalue weighted by Crippen LogP contribution is -2.15. The van der Waals surface area contributed by atoms with E-state index in [9.17, 15) is 14.9 Å². The predicted octanol–water partition coefficient (Wildman–Crippen LogP) is 3.78. The monoisotopic (exact) mass is 413 g/mol. The molecule has 0 fully saturated rings. The van der Waals surface area contributed by atoms with Crippen LogP contribution in [0.15, 0.2) is 30.6 Å². The van der Waals surface area contributed by atoms with Crippen molar-refractivity contribution in [3.63, 3.8) is 0 Å². The number of aryl methyl sites for hydroxylation is 1. The minimum atomic E-state index is -0.570. The maximum Gasteiger partial charge on any atom is 0.296 e. The summed E-state index contributed by atoms with van der Waals surface area (Å²) in [6, 6.07) is 4.39. The summed E-state index contributed by atoms with van der Waals surface area (Å²) in [7, 11) is 0. The highest BCUT2D eigenvalue weighted by atomic mass is 16.6. The molecular weight excluding hydrogens is 390 g/mol. The Kier molecular flexibility index (Phi) is 6.45. The van der Waals surface area contributed by atoms with E-state index in [-0.39, 0.29) is 22.7 Å². The molecule has 10 nitrogen and oxygen atoms in total. The lowest BCUT2D eigenvalue weighted by molar-refractivity contribution is -0.384. The second kappa shape index (κ2) is 9.21. The van der Waals surface area contributed by atoms with E-state index >= 15 is 0 Å². The number of benzene rings is 1. The topological polar surface area (TPSA) is 121 Å². The molecule has 1 amide bonds. The Labute approximate surface area is 173 Å². The first kappa shape index (κ1) is 21.0. The molecule has 0 aliphatic heterocycles. The van der Waals surface area contributed by atoms with Crippen molar-refractivity contribution in [2.75, 3.05) is 18.5 Å². The van der Waals surface area contributed by atoms with Crippen molar-refractivity contribution < 1.29 is 19.2 Å². The molecule has 2 heterocycles. The molecule has 0 bridgehead atoms. The summed E-state index contributed by atoms with van der Waals surface area (Å²) in [6.07, 6.45) is 4.71. The van der Waals surface area contributed by atoms with Crippen LogP contribution in [0.1, 0.15) is 42.7 Å². The summed E-state index contributed by atoms with van der Waals surface area (Å²) in [6.45, 7) is 6.35. The number of aromatic nitrogens is 3. The third kappa shape index (κ3) is 4.32. The van der Waals surface area contributed by atoms with Gasteiger partial charge in [0.05, 0.1) is 29.9 Å². The van der Waals surface area contributed by atoms with Gasteiger partial charge < -0.3 is 14.8 Å². The SMILES string of the molecule is CCCOc1cc(NC(=O)c2c(C)nn3cccnc23)c([N+](=O)[O-])cc1OCCC. The number of hydrogen-bond donors (Lipinski definition) is 1. The van der Waals surface area contributed by atoms with Crippen LogP contribution in [0.2, 0.25) is 0 Å². The van der Waals surface area contributed by atoms with E-state index in [1.807, 2.05) is 13.8 Å². The summed E-state index contributed by atoms with van der Waals surface area (Å²) in [5.74, 6) is 0.0534. The number of rotatable bonds is 9. The largest absolute Gasteiger partial charge is 0.490 e. The zero-order valence-corrected chi connectivity index (χ0v) is 17.0. The van der Waals surface area contributed by atoms with Crippen molar-refractivity contribution in [1.29, 1.82) is 0 Å².